The summed E-state index contributed by atoms with van der Waals surface area (Å²) >= 11 is 0. The molecular formula is C21H32N2O4. The van der Waals surface area contributed by atoms with E-state index in [1.165, 1.54) is 5.56 Å². The molecule has 2 aliphatic heterocycles. The molecule has 1 N–H and O–H groups in total. The van der Waals surface area contributed by atoms with E-state index in [2.05, 4.69) is 30.1 Å². The molecule has 0 aromatic heterocycles. The van der Waals surface area contributed by atoms with Crippen molar-refractivity contribution in [3.8, 4) is 11.5 Å². The Morgan fingerprint density at radius 2 is 2.22 bits per heavy atom. The van der Waals surface area contributed by atoms with Crippen LogP contribution in [0.5, 0.6) is 11.5 Å². The lowest BCUT2D eigenvalue weighted by atomic mass is 10.1. The van der Waals surface area contributed by atoms with Crippen LogP contribution in [0.15, 0.2) is 12.1 Å². The maximum atomic E-state index is 12.8. The first-order valence-corrected chi connectivity index (χ1v) is 10.2. The first-order chi connectivity index (χ1) is 13.1. The van der Waals surface area contributed by atoms with Gasteiger partial charge in [-0.2, -0.15) is 0 Å². The van der Waals surface area contributed by atoms with Gasteiger partial charge in [0.1, 0.15) is 23.6 Å². The molecule has 150 valence electrons. The van der Waals surface area contributed by atoms with E-state index in [1.807, 2.05) is 13.0 Å². The van der Waals surface area contributed by atoms with Crippen LogP contribution in [-0.4, -0.2) is 55.9 Å². The van der Waals surface area contributed by atoms with Crippen LogP contribution in [0.3, 0.4) is 0 Å². The zero-order valence-electron chi connectivity index (χ0n) is 16.8. The van der Waals surface area contributed by atoms with Gasteiger partial charge in [0.05, 0.1) is 19.8 Å². The van der Waals surface area contributed by atoms with Crippen molar-refractivity contribution in [2.24, 2.45) is 0 Å². The molecule has 1 aromatic rings. The number of hydrogen-bond donors (Lipinski definition) is 1. The van der Waals surface area contributed by atoms with Crippen molar-refractivity contribution in [1.29, 1.82) is 0 Å². The standard InChI is InChI=1S/C21H32N2O4/c1-4-6-7-23-8-9-25-14-18(23)21(24)22-13-17-12-20-16(10-15(3)27-20)11-19(17)26-5-2/h11-12,15,18H,4-10,13-14H2,1-3H3,(H,22,24)/t15-,18-/m1/s1. The third kappa shape index (κ3) is 4.93. The van der Waals surface area contributed by atoms with Gasteiger partial charge in [-0.25, -0.2) is 0 Å². The number of fused-ring (bicyclic) bond motifs is 1. The van der Waals surface area contributed by atoms with Crippen molar-refractivity contribution < 1.29 is 19.0 Å². The Labute approximate surface area is 162 Å². The van der Waals surface area contributed by atoms with Crippen molar-refractivity contribution in [3.63, 3.8) is 0 Å². The second-order valence-corrected chi connectivity index (χ2v) is 7.33. The quantitative estimate of drug-likeness (QED) is 0.755. The zero-order valence-corrected chi connectivity index (χ0v) is 16.8. The van der Waals surface area contributed by atoms with E-state index in [9.17, 15) is 4.79 Å². The molecule has 27 heavy (non-hydrogen) atoms. The Morgan fingerprint density at radius 3 is 3.00 bits per heavy atom. The number of rotatable bonds is 8. The largest absolute Gasteiger partial charge is 0.494 e. The molecular weight excluding hydrogens is 344 g/mol. The molecule has 6 nitrogen and oxygen atoms in total. The number of hydrogen-bond acceptors (Lipinski definition) is 5. The summed E-state index contributed by atoms with van der Waals surface area (Å²) in [6, 6.07) is 3.85. The highest BCUT2D eigenvalue weighted by atomic mass is 16.5. The van der Waals surface area contributed by atoms with Crippen LogP contribution >= 0.6 is 0 Å². The number of unbranched alkanes of at least 4 members (excludes halogenated alkanes) is 1. The number of nitrogens with zero attached hydrogens (tertiary/aromatic N) is 1. The molecule has 0 bridgehead atoms. The molecule has 1 amide bonds. The molecule has 0 unspecified atom stereocenters. The highest BCUT2D eigenvalue weighted by Crippen LogP contribution is 2.35. The van der Waals surface area contributed by atoms with Crippen molar-refractivity contribution >= 4 is 5.91 Å². The van der Waals surface area contributed by atoms with E-state index >= 15 is 0 Å². The molecule has 0 radical (unpaired) electrons. The minimum absolute atomic E-state index is 0.0167. The Bertz CT molecular complexity index is 649. The molecule has 2 heterocycles. The summed E-state index contributed by atoms with van der Waals surface area (Å²) in [7, 11) is 0. The van der Waals surface area contributed by atoms with Gasteiger partial charge in [0.15, 0.2) is 0 Å². The van der Waals surface area contributed by atoms with Crippen LogP contribution in [0.2, 0.25) is 0 Å². The Hall–Kier alpha value is -1.79. The van der Waals surface area contributed by atoms with E-state index in [4.69, 9.17) is 14.2 Å². The smallest absolute Gasteiger partial charge is 0.240 e. The minimum atomic E-state index is -0.216. The fraction of sp³-hybridized carbons (Fsp3) is 0.667. The minimum Gasteiger partial charge on any atom is -0.494 e. The Balaban J connectivity index is 1.66. The first kappa shape index (κ1) is 20.0. The van der Waals surface area contributed by atoms with Gasteiger partial charge >= 0.3 is 0 Å². The monoisotopic (exact) mass is 376 g/mol. The zero-order chi connectivity index (χ0) is 19.2. The highest BCUT2D eigenvalue weighted by Gasteiger charge is 2.29. The van der Waals surface area contributed by atoms with Crippen molar-refractivity contribution in [3.05, 3.63) is 23.3 Å². The summed E-state index contributed by atoms with van der Waals surface area (Å²) in [5, 5.41) is 3.08. The summed E-state index contributed by atoms with van der Waals surface area (Å²) in [4.78, 5) is 15.0. The van der Waals surface area contributed by atoms with Gasteiger partial charge in [-0.15, -0.1) is 0 Å². The van der Waals surface area contributed by atoms with Crippen molar-refractivity contribution in [2.75, 3.05) is 32.9 Å². The lowest BCUT2D eigenvalue weighted by Crippen LogP contribution is -2.53. The number of carbonyl (C=O) groups is 1. The van der Waals surface area contributed by atoms with E-state index in [0.717, 1.165) is 49.4 Å². The topological polar surface area (TPSA) is 60.0 Å². The average molecular weight is 376 g/mol. The lowest BCUT2D eigenvalue weighted by molar-refractivity contribution is -0.132. The van der Waals surface area contributed by atoms with Gasteiger partial charge < -0.3 is 19.5 Å². The predicted octanol–water partition coefficient (Wildman–Crippen LogP) is 2.53. The van der Waals surface area contributed by atoms with Crippen LogP contribution in [0.4, 0.5) is 0 Å². The maximum Gasteiger partial charge on any atom is 0.240 e. The highest BCUT2D eigenvalue weighted by molar-refractivity contribution is 5.82. The van der Waals surface area contributed by atoms with Gasteiger partial charge in [0.2, 0.25) is 5.91 Å². The van der Waals surface area contributed by atoms with E-state index in [1.54, 1.807) is 0 Å². The van der Waals surface area contributed by atoms with E-state index < -0.39 is 0 Å². The predicted molar refractivity (Wildman–Crippen MR) is 104 cm³/mol. The molecule has 3 rings (SSSR count). The van der Waals surface area contributed by atoms with Crippen molar-refractivity contribution in [2.45, 2.75) is 58.7 Å². The van der Waals surface area contributed by atoms with Crippen LogP contribution in [-0.2, 0) is 22.5 Å². The fourth-order valence-electron chi connectivity index (χ4n) is 3.72. The molecule has 2 aliphatic rings. The molecule has 0 aliphatic carbocycles. The molecule has 6 heteroatoms. The molecule has 1 fully saturated rings. The summed E-state index contributed by atoms with van der Waals surface area (Å²) in [6.45, 7) is 10.1. The third-order valence-electron chi connectivity index (χ3n) is 5.17. The van der Waals surface area contributed by atoms with Gasteiger partial charge in [-0.05, 0) is 38.9 Å². The summed E-state index contributed by atoms with van der Waals surface area (Å²) in [6.07, 6.45) is 3.30. The summed E-state index contributed by atoms with van der Waals surface area (Å²) in [5.74, 6) is 1.75. The summed E-state index contributed by atoms with van der Waals surface area (Å²) < 4.78 is 17.2. The number of amides is 1. The van der Waals surface area contributed by atoms with Crippen LogP contribution < -0.4 is 14.8 Å². The number of nitrogens with one attached hydrogen (secondary N) is 1. The number of ether oxygens (including phenoxy) is 3. The third-order valence-corrected chi connectivity index (χ3v) is 5.17. The average Bonchev–Trinajstić information content (AvgIpc) is 3.03. The summed E-state index contributed by atoms with van der Waals surface area (Å²) in [5.41, 5.74) is 2.13. The second kappa shape index (κ2) is 9.42. The fourth-order valence-corrected chi connectivity index (χ4v) is 3.72. The van der Waals surface area contributed by atoms with E-state index in [0.29, 0.717) is 26.4 Å². The maximum absolute atomic E-state index is 12.8. The number of benzene rings is 1. The first-order valence-electron chi connectivity index (χ1n) is 10.2. The van der Waals surface area contributed by atoms with Gasteiger partial charge in [0, 0.05) is 30.6 Å². The number of carbonyl (C=O) groups excluding carboxylic acids is 1. The van der Waals surface area contributed by atoms with E-state index in [-0.39, 0.29) is 18.1 Å². The van der Waals surface area contributed by atoms with Crippen molar-refractivity contribution in [1.82, 2.24) is 10.2 Å². The van der Waals surface area contributed by atoms with Crippen LogP contribution in [0.1, 0.15) is 44.7 Å². The molecule has 0 spiro atoms. The Kier molecular flexibility index (Phi) is 6.96. The molecule has 2 atom stereocenters. The van der Waals surface area contributed by atoms with Crippen LogP contribution in [0, 0.1) is 0 Å². The SMILES string of the molecule is CCCCN1CCOC[C@@H]1C(=O)NCc1cc2c(cc1OCC)C[C@@H](C)O2. The van der Waals surface area contributed by atoms with Gasteiger partial charge in [0.25, 0.3) is 0 Å². The second-order valence-electron chi connectivity index (χ2n) is 7.33. The molecule has 1 saturated heterocycles. The van der Waals surface area contributed by atoms with Gasteiger partial charge in [-0.3, -0.25) is 9.69 Å². The lowest BCUT2D eigenvalue weighted by Gasteiger charge is -2.34. The Morgan fingerprint density at radius 1 is 1.37 bits per heavy atom. The van der Waals surface area contributed by atoms with Gasteiger partial charge in [-0.1, -0.05) is 13.3 Å². The van der Waals surface area contributed by atoms with Crippen LogP contribution in [0.25, 0.3) is 0 Å². The number of morpholine rings is 1. The normalized spacial score (nSPS) is 22.2. The molecule has 0 saturated carbocycles. The molecule has 1 aromatic carbocycles.